The Balaban J connectivity index is 3.08. The van der Waals surface area contributed by atoms with Gasteiger partial charge in [-0.25, -0.2) is 0 Å². The summed E-state index contributed by atoms with van der Waals surface area (Å²) < 4.78 is 4.75. The van der Waals surface area contributed by atoms with E-state index in [-0.39, 0.29) is 10.3 Å². The smallest absolute Gasteiger partial charge is 0.260 e. The lowest BCUT2D eigenvalue weighted by atomic mass is 10.3. The summed E-state index contributed by atoms with van der Waals surface area (Å²) in [7, 11) is 0. The highest BCUT2D eigenvalue weighted by Gasteiger charge is 2.08. The third-order valence-corrected chi connectivity index (χ3v) is 2.34. The summed E-state index contributed by atoms with van der Waals surface area (Å²) in [5.41, 5.74) is 0. The molecule has 0 bridgehead atoms. The molecule has 0 spiro atoms. The molecule has 0 fully saturated rings. The van der Waals surface area contributed by atoms with Crippen molar-refractivity contribution in [3.05, 3.63) is 27.2 Å². The maximum absolute atomic E-state index is 5.76. The molecule has 0 amide bonds. The van der Waals surface area contributed by atoms with Crippen LogP contribution >= 0.6 is 58.6 Å². The molecule has 0 atom stereocenters. The van der Waals surface area contributed by atoms with Crippen LogP contribution in [0.5, 0.6) is 5.75 Å². The number of halogens is 4. The van der Waals surface area contributed by atoms with E-state index >= 15 is 0 Å². The molecule has 70 valence electrons. The van der Waals surface area contributed by atoms with Gasteiger partial charge in [0.05, 0.1) is 15.1 Å². The molecule has 1 aromatic carbocycles. The quantitative estimate of drug-likeness (QED) is 0.422. The Morgan fingerprint density at radius 2 is 1.62 bits per heavy atom. The minimum Gasteiger partial charge on any atom is -0.434 e. The van der Waals surface area contributed by atoms with E-state index in [4.69, 9.17) is 51.1 Å². The van der Waals surface area contributed by atoms with Gasteiger partial charge < -0.3 is 4.74 Å². The van der Waals surface area contributed by atoms with Gasteiger partial charge in [0.25, 0.3) is 4.51 Å². The number of benzene rings is 1. The second-order valence-electron chi connectivity index (χ2n) is 2.04. The molecule has 0 aliphatic heterocycles. The second kappa shape index (κ2) is 4.67. The molecule has 1 aromatic rings. The average Bonchev–Trinajstić information content (AvgIpc) is 1.99. The van der Waals surface area contributed by atoms with Crippen LogP contribution in [0.4, 0.5) is 0 Å². The third kappa shape index (κ3) is 3.15. The summed E-state index contributed by atoms with van der Waals surface area (Å²) in [5, 5.41) is 0.978. The first kappa shape index (κ1) is 11.3. The lowest BCUT2D eigenvalue weighted by Crippen LogP contribution is -1.96. The first-order valence-electron chi connectivity index (χ1n) is 3.02. The largest absolute Gasteiger partial charge is 0.434 e. The molecular weight excluding hydrogens is 274 g/mol. The number of thiocarbonyl (C=S) groups is 1. The van der Waals surface area contributed by atoms with Gasteiger partial charge in [0.2, 0.25) is 0 Å². The van der Waals surface area contributed by atoms with Crippen molar-refractivity contribution < 1.29 is 4.74 Å². The first-order chi connectivity index (χ1) is 6.00. The third-order valence-electron chi connectivity index (χ3n) is 1.17. The van der Waals surface area contributed by atoms with Gasteiger partial charge in [-0.1, -0.05) is 34.8 Å². The first-order valence-corrected chi connectivity index (χ1v) is 4.94. The van der Waals surface area contributed by atoms with E-state index in [1.54, 1.807) is 0 Å². The molecule has 0 aliphatic rings. The highest BCUT2D eigenvalue weighted by atomic mass is 35.5. The maximum Gasteiger partial charge on any atom is 0.260 e. The summed E-state index contributed by atoms with van der Waals surface area (Å²) in [6, 6.07) is 2.90. The predicted molar refractivity (Wildman–Crippen MR) is 60.6 cm³/mol. The number of rotatable bonds is 1. The molecule has 0 aliphatic carbocycles. The van der Waals surface area contributed by atoms with Gasteiger partial charge in [-0.05, 0) is 29.9 Å². The van der Waals surface area contributed by atoms with E-state index < -0.39 is 0 Å². The maximum atomic E-state index is 5.76. The van der Waals surface area contributed by atoms with Crippen LogP contribution in [0.15, 0.2) is 12.1 Å². The van der Waals surface area contributed by atoms with E-state index in [9.17, 15) is 0 Å². The predicted octanol–water partition coefficient (Wildman–Crippen LogP) is 4.55. The minimum atomic E-state index is -0.153. The SMILES string of the molecule is S=C(Cl)Oc1cc(Cl)c(Cl)cc1Cl. The molecule has 0 saturated carbocycles. The van der Waals surface area contributed by atoms with E-state index in [2.05, 4.69) is 12.2 Å². The standard InChI is InChI=1S/C7H2Cl4OS/c8-3-1-5(10)6(2-4(3)9)12-7(11)13/h1-2H. The summed E-state index contributed by atoms with van der Waals surface area (Å²) >= 11 is 27.0. The van der Waals surface area contributed by atoms with E-state index in [1.807, 2.05) is 0 Å². The zero-order valence-electron chi connectivity index (χ0n) is 5.98. The Bertz CT molecular complexity index is 353. The second-order valence-corrected chi connectivity index (χ2v) is 4.20. The fourth-order valence-corrected chi connectivity index (χ4v) is 1.42. The topological polar surface area (TPSA) is 9.23 Å². The van der Waals surface area contributed by atoms with Gasteiger partial charge in [0, 0.05) is 6.07 Å². The van der Waals surface area contributed by atoms with Crippen LogP contribution in [0, 0.1) is 0 Å². The summed E-state index contributed by atoms with van der Waals surface area (Å²) in [4.78, 5) is 0. The van der Waals surface area contributed by atoms with Crippen molar-refractivity contribution in [1.29, 1.82) is 0 Å². The zero-order valence-corrected chi connectivity index (χ0v) is 9.82. The van der Waals surface area contributed by atoms with Gasteiger partial charge in [0.15, 0.2) is 0 Å². The summed E-state index contributed by atoms with van der Waals surface area (Å²) in [6.45, 7) is 0. The minimum absolute atomic E-state index is 0.153. The van der Waals surface area contributed by atoms with Crippen molar-refractivity contribution in [1.82, 2.24) is 0 Å². The lowest BCUT2D eigenvalue weighted by Gasteiger charge is -2.05. The Morgan fingerprint density at radius 1 is 1.08 bits per heavy atom. The Kier molecular flexibility index (Phi) is 4.07. The molecule has 0 saturated heterocycles. The van der Waals surface area contributed by atoms with Crippen molar-refractivity contribution in [2.75, 3.05) is 0 Å². The Labute approximate surface area is 100 Å². The number of ether oxygens (including phenoxy) is 1. The fourth-order valence-electron chi connectivity index (χ4n) is 0.669. The lowest BCUT2D eigenvalue weighted by molar-refractivity contribution is 0.578. The van der Waals surface area contributed by atoms with Crippen LogP contribution in [-0.4, -0.2) is 4.51 Å². The van der Waals surface area contributed by atoms with Crippen molar-refractivity contribution in [2.24, 2.45) is 0 Å². The monoisotopic (exact) mass is 274 g/mol. The highest BCUT2D eigenvalue weighted by molar-refractivity contribution is 7.82. The molecule has 0 N–H and O–H groups in total. The molecule has 1 rings (SSSR count). The van der Waals surface area contributed by atoms with Crippen LogP contribution < -0.4 is 4.74 Å². The number of hydrogen-bond acceptors (Lipinski definition) is 2. The Morgan fingerprint density at radius 3 is 2.15 bits per heavy atom. The van der Waals surface area contributed by atoms with Gasteiger partial charge in [-0.3, -0.25) is 0 Å². The van der Waals surface area contributed by atoms with Gasteiger partial charge in [0.1, 0.15) is 5.75 Å². The average molecular weight is 276 g/mol. The molecule has 6 heteroatoms. The van der Waals surface area contributed by atoms with Crippen LogP contribution in [0.3, 0.4) is 0 Å². The van der Waals surface area contributed by atoms with E-state index in [0.29, 0.717) is 15.1 Å². The van der Waals surface area contributed by atoms with E-state index in [0.717, 1.165) is 0 Å². The molecule has 0 aromatic heterocycles. The van der Waals surface area contributed by atoms with Crippen LogP contribution in [0.2, 0.25) is 15.1 Å². The fraction of sp³-hybridized carbons (Fsp3) is 0. The van der Waals surface area contributed by atoms with Crippen LogP contribution in [0.1, 0.15) is 0 Å². The molecule has 0 unspecified atom stereocenters. The normalized spacial score (nSPS) is 9.85. The van der Waals surface area contributed by atoms with Crippen molar-refractivity contribution in [3.8, 4) is 5.75 Å². The molecule has 1 nitrogen and oxygen atoms in total. The van der Waals surface area contributed by atoms with E-state index in [1.165, 1.54) is 12.1 Å². The Hall–Kier alpha value is 0.270. The van der Waals surface area contributed by atoms with Gasteiger partial charge in [-0.2, -0.15) is 0 Å². The number of hydrogen-bond donors (Lipinski definition) is 0. The summed E-state index contributed by atoms with van der Waals surface area (Å²) in [5.74, 6) is 0.288. The van der Waals surface area contributed by atoms with Crippen molar-refractivity contribution in [3.63, 3.8) is 0 Å². The van der Waals surface area contributed by atoms with Crippen LogP contribution in [-0.2, 0) is 0 Å². The summed E-state index contributed by atoms with van der Waals surface area (Å²) in [6.07, 6.45) is 0. The van der Waals surface area contributed by atoms with Gasteiger partial charge in [-0.15, -0.1) is 0 Å². The zero-order chi connectivity index (χ0) is 10.0. The highest BCUT2D eigenvalue weighted by Crippen LogP contribution is 2.34. The van der Waals surface area contributed by atoms with Crippen molar-refractivity contribution in [2.45, 2.75) is 0 Å². The van der Waals surface area contributed by atoms with Gasteiger partial charge >= 0.3 is 0 Å². The molecular formula is C7H2Cl4OS. The van der Waals surface area contributed by atoms with Crippen molar-refractivity contribution >= 4 is 63.1 Å². The molecule has 13 heavy (non-hydrogen) atoms. The molecule has 0 heterocycles. The van der Waals surface area contributed by atoms with Crippen LogP contribution in [0.25, 0.3) is 0 Å². The molecule has 0 radical (unpaired) electrons.